The fraction of sp³-hybridized carbons (Fsp3) is 0.569. The number of aliphatic hydroxyl groups is 2. The number of fused-ring (bicyclic) bond motifs is 6. The van der Waals surface area contributed by atoms with E-state index in [9.17, 15) is 24.6 Å². The summed E-state index contributed by atoms with van der Waals surface area (Å²) in [6.07, 6.45) is 8.65. The zero-order chi connectivity index (χ0) is 47.1. The fourth-order valence-corrected chi connectivity index (χ4v) is 14.0. The molecular formula is C51H64N4O11. The van der Waals surface area contributed by atoms with Crippen molar-refractivity contribution in [2.45, 2.75) is 106 Å². The molecule has 1 saturated carbocycles. The van der Waals surface area contributed by atoms with Crippen LogP contribution >= 0.6 is 0 Å². The normalized spacial score (nSPS) is 34.3. The van der Waals surface area contributed by atoms with Crippen LogP contribution in [0, 0.1) is 11.3 Å². The van der Waals surface area contributed by atoms with E-state index in [4.69, 9.17) is 23.7 Å². The first-order valence-electron chi connectivity index (χ1n) is 23.4. The van der Waals surface area contributed by atoms with Gasteiger partial charge in [-0.2, -0.15) is 0 Å². The molecule has 1 aromatic heterocycles. The van der Waals surface area contributed by atoms with E-state index in [0.717, 1.165) is 27.6 Å². The Morgan fingerprint density at radius 1 is 0.939 bits per heavy atom. The van der Waals surface area contributed by atoms with Gasteiger partial charge in [-0.15, -0.1) is 0 Å². The van der Waals surface area contributed by atoms with Crippen LogP contribution in [0.5, 0.6) is 5.75 Å². The smallest absolute Gasteiger partial charge is 0.344 e. The molecular weight excluding hydrogens is 845 g/mol. The summed E-state index contributed by atoms with van der Waals surface area (Å²) < 4.78 is 29.2. The van der Waals surface area contributed by atoms with Crippen molar-refractivity contribution in [3.8, 4) is 5.75 Å². The second-order valence-electron chi connectivity index (χ2n) is 19.5. The molecule has 0 amide bonds. The summed E-state index contributed by atoms with van der Waals surface area (Å²) in [7, 11) is 6.06. The van der Waals surface area contributed by atoms with E-state index >= 15 is 4.79 Å². The van der Waals surface area contributed by atoms with Crippen LogP contribution in [0.4, 0.5) is 5.69 Å². The van der Waals surface area contributed by atoms with Gasteiger partial charge in [0.2, 0.25) is 5.60 Å². The third kappa shape index (κ3) is 6.42. The topological polar surface area (TPSA) is 180 Å². The number of methoxy groups -OCH3 is 3. The number of hydrogen-bond acceptors (Lipinski definition) is 14. The number of piperidine rings is 1. The summed E-state index contributed by atoms with van der Waals surface area (Å²) in [5.41, 5.74) is -1.63. The molecule has 1 spiro atoms. The first-order chi connectivity index (χ1) is 31.5. The number of ether oxygens (including phenoxy) is 5. The number of carbonyl (C=O) groups excluding carboxylic acids is 4. The molecule has 10 atom stereocenters. The summed E-state index contributed by atoms with van der Waals surface area (Å²) in [6, 6.07) is 8.56. The Morgan fingerprint density at radius 2 is 1.71 bits per heavy atom. The number of nitrogens with one attached hydrogen (secondary N) is 1. The molecule has 15 heteroatoms. The molecule has 3 N–H and O–H groups in total. The van der Waals surface area contributed by atoms with Crippen molar-refractivity contribution in [3.05, 3.63) is 76.5 Å². The van der Waals surface area contributed by atoms with E-state index in [-0.39, 0.29) is 25.0 Å². The lowest BCUT2D eigenvalue weighted by Gasteiger charge is -2.63. The minimum absolute atomic E-state index is 0.170. The molecule has 2 aromatic carbocycles. The van der Waals surface area contributed by atoms with E-state index < -0.39 is 63.5 Å². The van der Waals surface area contributed by atoms with Gasteiger partial charge in [0.1, 0.15) is 11.2 Å². The maximum atomic E-state index is 15.6. The number of H-pyrrole nitrogens is 1. The molecule has 9 rings (SSSR count). The zero-order valence-electron chi connectivity index (χ0n) is 39.4. The Labute approximate surface area is 386 Å². The quantitative estimate of drug-likeness (QED) is 0.112. The largest absolute Gasteiger partial charge is 0.496 e. The third-order valence-electron chi connectivity index (χ3n) is 16.4. The van der Waals surface area contributed by atoms with E-state index in [2.05, 4.69) is 20.9 Å². The maximum Gasteiger partial charge on any atom is 0.344 e. The zero-order valence-corrected chi connectivity index (χ0v) is 39.4. The number of likely N-dealkylation sites (N-methyl/N-ethyl adjacent to an activating group) is 1. The number of anilines is 1. The molecule has 1 aliphatic carbocycles. The van der Waals surface area contributed by atoms with Gasteiger partial charge in [-0.3, -0.25) is 19.4 Å². The van der Waals surface area contributed by atoms with E-state index in [1.165, 1.54) is 27.2 Å². The van der Waals surface area contributed by atoms with Gasteiger partial charge < -0.3 is 43.8 Å². The predicted octanol–water partition coefficient (Wildman–Crippen LogP) is 4.57. The minimum atomic E-state index is -2.34. The van der Waals surface area contributed by atoms with Gasteiger partial charge in [0.15, 0.2) is 6.10 Å². The highest BCUT2D eigenvalue weighted by Crippen LogP contribution is 2.68. The van der Waals surface area contributed by atoms with E-state index in [1.54, 1.807) is 20.1 Å². The highest BCUT2D eigenvalue weighted by atomic mass is 16.6. The summed E-state index contributed by atoms with van der Waals surface area (Å²) in [5, 5.41) is 26.4. The van der Waals surface area contributed by atoms with Crippen molar-refractivity contribution >= 4 is 46.5 Å². The number of esters is 4. The number of nitrogens with zero attached hydrogens (tertiary/aromatic N) is 3. The Bertz CT molecular complexity index is 2540. The Kier molecular flexibility index (Phi) is 11.5. The van der Waals surface area contributed by atoms with Crippen LogP contribution in [-0.2, 0) is 55.4 Å². The average molecular weight is 909 g/mol. The van der Waals surface area contributed by atoms with Crippen LogP contribution in [0.25, 0.3) is 17.0 Å². The fourth-order valence-electron chi connectivity index (χ4n) is 14.0. The molecule has 6 heterocycles. The molecule has 6 aliphatic rings. The Morgan fingerprint density at radius 3 is 2.39 bits per heavy atom. The number of aromatic nitrogens is 1. The van der Waals surface area contributed by atoms with Gasteiger partial charge in [0, 0.05) is 97.0 Å². The van der Waals surface area contributed by atoms with E-state index in [1.807, 2.05) is 62.2 Å². The summed E-state index contributed by atoms with van der Waals surface area (Å²) in [4.78, 5) is 65.9. The molecule has 3 aromatic rings. The van der Waals surface area contributed by atoms with Crippen molar-refractivity contribution in [1.82, 2.24) is 14.8 Å². The van der Waals surface area contributed by atoms with Crippen LogP contribution in [-0.4, -0.2) is 146 Å². The number of aromatic amines is 1. The number of hydrogen-bond donors (Lipinski definition) is 3. The summed E-state index contributed by atoms with van der Waals surface area (Å²) in [6.45, 7) is 10.3. The van der Waals surface area contributed by atoms with E-state index in [0.29, 0.717) is 87.5 Å². The number of carbonyl (C=O) groups is 4. The van der Waals surface area contributed by atoms with Gasteiger partial charge in [-0.05, 0) is 98.9 Å². The monoisotopic (exact) mass is 908 g/mol. The maximum absolute atomic E-state index is 15.6. The average Bonchev–Trinajstić information content (AvgIpc) is 3.97. The van der Waals surface area contributed by atoms with Crippen LogP contribution < -0.4 is 9.64 Å². The summed E-state index contributed by atoms with van der Waals surface area (Å²) >= 11 is 0. The first kappa shape index (κ1) is 45.9. The molecule has 66 heavy (non-hydrogen) atoms. The number of benzene rings is 2. The van der Waals surface area contributed by atoms with Crippen molar-refractivity contribution in [2.75, 3.05) is 72.6 Å². The van der Waals surface area contributed by atoms with Crippen LogP contribution in [0.2, 0.25) is 0 Å². The predicted molar refractivity (Wildman–Crippen MR) is 246 cm³/mol. The minimum Gasteiger partial charge on any atom is -0.496 e. The lowest BCUT2D eigenvalue weighted by molar-refractivity contribution is -0.228. The molecule has 3 fully saturated rings. The Balaban J connectivity index is 1.34. The highest BCUT2D eigenvalue weighted by Gasteiger charge is 2.80. The summed E-state index contributed by atoms with van der Waals surface area (Å²) in [5.74, 6) is -2.24. The van der Waals surface area contributed by atoms with Crippen molar-refractivity contribution in [2.24, 2.45) is 11.3 Å². The van der Waals surface area contributed by atoms with Gasteiger partial charge in [-0.1, -0.05) is 32.1 Å². The molecule has 354 valence electrons. The lowest BCUT2D eigenvalue weighted by atomic mass is 9.47. The van der Waals surface area contributed by atoms with Crippen LogP contribution in [0.15, 0.2) is 48.6 Å². The van der Waals surface area contributed by atoms with Gasteiger partial charge in [-0.25, -0.2) is 9.59 Å². The molecule has 1 unspecified atom stereocenters. The molecule has 15 nitrogen and oxygen atoms in total. The first-order valence-corrected chi connectivity index (χ1v) is 23.4. The standard InChI is InChI=1S/C51H64N4O11/c1-9-47(60)26-32-27-50(45(58)63-7,41-33(17-21-54(28-32)29-47)34-23-31(13-15-37(34)52-41)14-16-40(57)65-11-3)36-24-35-38(25-39(36)62-6)53(5)43-49(35)19-22-55-20-12-18-48(10-2,42(49)55)44(66-30(4)56)51(43,61)46(59)64-8/h12-16,18,23-25,32,42-44,52,60-61H,9-11,17,19-22,26-29H2,1-8H3/t32-,42+,43-,44-,47+,48-,49-,50+,51+/m1/s1. The SMILES string of the molecule is CCOC(=O)C=Cc1ccc2[nH]c3c(c2c1)CCN1C[C@H](C[C@@](O)(CC)C1)C[C@]3(C(=O)OC)c1cc2c(cc1OC)N(C)[C@H]1[C@@](O)(C(=O)OC)[C@H](OC(C)=O)[C@]3(CC)C=CCN4CC[C@]21[C@@H]43. The van der Waals surface area contributed by atoms with Crippen molar-refractivity contribution in [1.29, 1.82) is 0 Å². The lowest BCUT2D eigenvalue weighted by Crippen LogP contribution is -2.81. The molecule has 5 aliphatic heterocycles. The molecule has 0 radical (unpaired) electrons. The van der Waals surface area contributed by atoms with Gasteiger partial charge in [0.25, 0.3) is 0 Å². The van der Waals surface area contributed by atoms with Gasteiger partial charge >= 0.3 is 23.9 Å². The molecule has 2 saturated heterocycles. The molecule has 2 bridgehead atoms. The Hall–Kier alpha value is -5.22. The number of rotatable bonds is 10. The van der Waals surface area contributed by atoms with Crippen LogP contribution in [0.1, 0.15) is 87.7 Å². The highest BCUT2D eigenvalue weighted by molar-refractivity contribution is 5.96. The second-order valence-corrected chi connectivity index (χ2v) is 19.5. The van der Waals surface area contributed by atoms with Crippen molar-refractivity contribution < 1.29 is 53.1 Å². The third-order valence-corrected chi connectivity index (χ3v) is 16.4. The van der Waals surface area contributed by atoms with Gasteiger partial charge in [0.05, 0.1) is 39.6 Å². The second kappa shape index (κ2) is 16.5. The van der Waals surface area contributed by atoms with Crippen LogP contribution in [0.3, 0.4) is 0 Å². The van der Waals surface area contributed by atoms with Crippen molar-refractivity contribution in [3.63, 3.8) is 0 Å².